The Kier molecular flexibility index (Phi) is 6.85. The summed E-state index contributed by atoms with van der Waals surface area (Å²) >= 11 is 0. The van der Waals surface area contributed by atoms with Crippen molar-refractivity contribution >= 4 is 11.6 Å². The second-order valence-electron chi connectivity index (χ2n) is 8.38. The molecule has 0 bridgehead atoms. The molecule has 0 aromatic heterocycles. The van der Waals surface area contributed by atoms with Crippen molar-refractivity contribution in [1.82, 2.24) is 5.43 Å². The Morgan fingerprint density at radius 2 is 1.61 bits per heavy atom. The van der Waals surface area contributed by atoms with Gasteiger partial charge in [0.1, 0.15) is 18.2 Å². The van der Waals surface area contributed by atoms with Gasteiger partial charge in [0.05, 0.1) is 5.71 Å². The first-order valence-electron chi connectivity index (χ1n) is 10.2. The SMILES string of the molecule is C/C(=N\NC(=O)c1ccc(COc2ccc(C(C)(C)C)cc2)cc1)c1ccccc1F. The molecule has 0 aliphatic heterocycles. The van der Waals surface area contributed by atoms with Crippen molar-refractivity contribution in [3.05, 3.63) is 101 Å². The molecule has 0 aliphatic rings. The average Bonchev–Trinajstić information content (AvgIpc) is 2.76. The highest BCUT2D eigenvalue weighted by molar-refractivity contribution is 6.01. The summed E-state index contributed by atoms with van der Waals surface area (Å²) < 4.78 is 19.6. The van der Waals surface area contributed by atoms with Gasteiger partial charge < -0.3 is 4.74 Å². The molecular weight excluding hydrogens is 391 g/mol. The van der Waals surface area contributed by atoms with Crippen LogP contribution < -0.4 is 10.2 Å². The Bertz CT molecular complexity index is 1070. The van der Waals surface area contributed by atoms with Crippen LogP contribution in [0.2, 0.25) is 0 Å². The molecule has 5 heteroatoms. The fourth-order valence-corrected chi connectivity index (χ4v) is 2.98. The summed E-state index contributed by atoms with van der Waals surface area (Å²) in [6.07, 6.45) is 0. The molecule has 3 aromatic carbocycles. The summed E-state index contributed by atoms with van der Waals surface area (Å²) in [7, 11) is 0. The maximum Gasteiger partial charge on any atom is 0.271 e. The fraction of sp³-hybridized carbons (Fsp3) is 0.231. The van der Waals surface area contributed by atoms with Crippen LogP contribution in [0.3, 0.4) is 0 Å². The third kappa shape index (κ3) is 6.01. The summed E-state index contributed by atoms with van der Waals surface area (Å²) in [5, 5.41) is 4.01. The van der Waals surface area contributed by atoms with Gasteiger partial charge in [-0.05, 0) is 53.8 Å². The average molecular weight is 419 g/mol. The molecule has 0 saturated heterocycles. The Balaban J connectivity index is 1.56. The van der Waals surface area contributed by atoms with Gasteiger partial charge in [-0.25, -0.2) is 9.82 Å². The molecule has 0 fully saturated rings. The first-order valence-corrected chi connectivity index (χ1v) is 10.2. The summed E-state index contributed by atoms with van der Waals surface area (Å²) in [5.41, 5.74) is 5.99. The number of hydrogen-bond acceptors (Lipinski definition) is 3. The zero-order valence-electron chi connectivity index (χ0n) is 18.3. The van der Waals surface area contributed by atoms with E-state index < -0.39 is 0 Å². The Morgan fingerprint density at radius 3 is 2.23 bits per heavy atom. The third-order valence-electron chi connectivity index (χ3n) is 4.93. The van der Waals surface area contributed by atoms with Gasteiger partial charge in [-0.2, -0.15) is 5.10 Å². The lowest BCUT2D eigenvalue weighted by Gasteiger charge is -2.19. The molecule has 0 unspecified atom stereocenters. The Labute approximate surface area is 182 Å². The lowest BCUT2D eigenvalue weighted by Crippen LogP contribution is -2.19. The fourth-order valence-electron chi connectivity index (χ4n) is 2.98. The van der Waals surface area contributed by atoms with E-state index in [1.807, 2.05) is 24.3 Å². The summed E-state index contributed by atoms with van der Waals surface area (Å²) in [4.78, 5) is 12.3. The third-order valence-corrected chi connectivity index (χ3v) is 4.93. The van der Waals surface area contributed by atoms with E-state index in [9.17, 15) is 9.18 Å². The van der Waals surface area contributed by atoms with E-state index in [-0.39, 0.29) is 17.1 Å². The molecule has 31 heavy (non-hydrogen) atoms. The lowest BCUT2D eigenvalue weighted by molar-refractivity contribution is 0.0954. The topological polar surface area (TPSA) is 50.7 Å². The van der Waals surface area contributed by atoms with Crippen LogP contribution in [0.25, 0.3) is 0 Å². The Hall–Kier alpha value is -3.47. The standard InChI is InChI=1S/C26H27FN2O2/c1-18(23-7-5-6-8-24(23)27)28-29-25(30)20-11-9-19(10-12-20)17-31-22-15-13-21(14-16-22)26(2,3)4/h5-16H,17H2,1-4H3,(H,29,30)/b28-18+. The van der Waals surface area contributed by atoms with Crippen LogP contribution in [0.4, 0.5) is 4.39 Å². The highest BCUT2D eigenvalue weighted by Gasteiger charge is 2.13. The highest BCUT2D eigenvalue weighted by atomic mass is 19.1. The number of nitrogens with one attached hydrogen (secondary N) is 1. The second-order valence-corrected chi connectivity index (χ2v) is 8.38. The van der Waals surface area contributed by atoms with Gasteiger partial charge in [0.25, 0.3) is 5.91 Å². The first kappa shape index (κ1) is 22.2. The summed E-state index contributed by atoms with van der Waals surface area (Å²) in [6, 6.07) is 21.5. The highest BCUT2D eigenvalue weighted by Crippen LogP contribution is 2.24. The van der Waals surface area contributed by atoms with Crippen LogP contribution in [0.15, 0.2) is 77.9 Å². The minimum absolute atomic E-state index is 0.104. The van der Waals surface area contributed by atoms with Crippen LogP contribution in [-0.4, -0.2) is 11.6 Å². The molecule has 0 aliphatic carbocycles. The van der Waals surface area contributed by atoms with Gasteiger partial charge >= 0.3 is 0 Å². The van der Waals surface area contributed by atoms with Gasteiger partial charge in [0, 0.05) is 11.1 Å². The first-order chi connectivity index (χ1) is 14.7. The maximum atomic E-state index is 13.8. The van der Waals surface area contributed by atoms with Crippen molar-refractivity contribution in [2.24, 2.45) is 5.10 Å². The predicted octanol–water partition coefficient (Wildman–Crippen LogP) is 5.86. The molecule has 0 heterocycles. The van der Waals surface area contributed by atoms with Crippen molar-refractivity contribution < 1.29 is 13.9 Å². The van der Waals surface area contributed by atoms with E-state index >= 15 is 0 Å². The quantitative estimate of drug-likeness (QED) is 0.403. The van der Waals surface area contributed by atoms with Crippen molar-refractivity contribution in [2.45, 2.75) is 39.7 Å². The number of hydrazone groups is 1. The number of rotatable bonds is 6. The number of ether oxygens (including phenoxy) is 1. The van der Waals surface area contributed by atoms with Gasteiger partial charge in [-0.3, -0.25) is 4.79 Å². The molecule has 0 radical (unpaired) electrons. The largest absolute Gasteiger partial charge is 0.489 e. The van der Waals surface area contributed by atoms with E-state index in [1.54, 1.807) is 37.3 Å². The minimum atomic E-state index is -0.379. The molecule has 3 rings (SSSR count). The van der Waals surface area contributed by atoms with Gasteiger partial charge in [-0.1, -0.05) is 63.2 Å². The molecule has 160 valence electrons. The van der Waals surface area contributed by atoms with Crippen molar-refractivity contribution in [1.29, 1.82) is 0 Å². The van der Waals surface area contributed by atoms with Crippen molar-refractivity contribution in [3.8, 4) is 5.75 Å². The minimum Gasteiger partial charge on any atom is -0.489 e. The van der Waals surface area contributed by atoms with Crippen molar-refractivity contribution in [3.63, 3.8) is 0 Å². The number of benzene rings is 3. The molecule has 0 atom stereocenters. The number of halogens is 1. The van der Waals surface area contributed by atoms with E-state index in [0.717, 1.165) is 11.3 Å². The van der Waals surface area contributed by atoms with E-state index in [4.69, 9.17) is 4.74 Å². The summed E-state index contributed by atoms with van der Waals surface area (Å²) in [6.45, 7) is 8.57. The molecule has 4 nitrogen and oxygen atoms in total. The lowest BCUT2D eigenvalue weighted by atomic mass is 9.87. The Morgan fingerprint density at radius 1 is 0.968 bits per heavy atom. The zero-order valence-corrected chi connectivity index (χ0v) is 18.3. The summed E-state index contributed by atoms with van der Waals surface area (Å²) in [5.74, 6) is 0.0594. The smallest absolute Gasteiger partial charge is 0.271 e. The van der Waals surface area contributed by atoms with Crippen molar-refractivity contribution in [2.75, 3.05) is 0 Å². The zero-order chi connectivity index (χ0) is 22.4. The van der Waals surface area contributed by atoms with Gasteiger partial charge in [-0.15, -0.1) is 0 Å². The molecule has 1 amide bonds. The van der Waals surface area contributed by atoms with E-state index in [2.05, 4.69) is 43.4 Å². The monoisotopic (exact) mass is 418 g/mol. The van der Waals surface area contributed by atoms with Crippen LogP contribution >= 0.6 is 0 Å². The molecule has 1 N–H and O–H groups in total. The van der Waals surface area contributed by atoms with Crippen LogP contribution in [0, 0.1) is 5.82 Å². The second kappa shape index (κ2) is 9.56. The number of hydrogen-bond donors (Lipinski definition) is 1. The molecule has 0 spiro atoms. The van der Waals surface area contributed by atoms with E-state index in [1.165, 1.54) is 11.6 Å². The van der Waals surface area contributed by atoms with Crippen LogP contribution in [0.1, 0.15) is 54.7 Å². The normalized spacial score (nSPS) is 11.8. The van der Waals surface area contributed by atoms with Crippen LogP contribution in [-0.2, 0) is 12.0 Å². The van der Waals surface area contributed by atoms with Gasteiger partial charge in [0.15, 0.2) is 0 Å². The molecule has 3 aromatic rings. The van der Waals surface area contributed by atoms with E-state index in [0.29, 0.717) is 23.4 Å². The number of carbonyl (C=O) groups excluding carboxylic acids is 1. The number of carbonyl (C=O) groups is 1. The maximum absolute atomic E-state index is 13.8. The van der Waals surface area contributed by atoms with Crippen LogP contribution in [0.5, 0.6) is 5.75 Å². The number of amides is 1. The van der Waals surface area contributed by atoms with Gasteiger partial charge in [0.2, 0.25) is 0 Å². The predicted molar refractivity (Wildman–Crippen MR) is 122 cm³/mol. The molecule has 0 saturated carbocycles. The number of nitrogens with zero attached hydrogens (tertiary/aromatic N) is 1. The molecular formula is C26H27FN2O2.